The first kappa shape index (κ1) is 15.7. The lowest BCUT2D eigenvalue weighted by Crippen LogP contribution is -2.27. The van der Waals surface area contributed by atoms with Crippen molar-refractivity contribution in [3.8, 4) is 0 Å². The van der Waals surface area contributed by atoms with Crippen LogP contribution in [0.4, 0.5) is 5.82 Å². The standard InChI is InChI=1S/C11H20N4O3S/c1-3-5-7-18-8-6-13-19(16,17)10-9-15(4-2)14-11(10)12/h3,9,13H,1,4-8H2,2H3,(H2,12,14). The lowest BCUT2D eigenvalue weighted by Gasteiger charge is -2.05. The summed E-state index contributed by atoms with van der Waals surface area (Å²) >= 11 is 0. The number of rotatable bonds is 9. The van der Waals surface area contributed by atoms with E-state index < -0.39 is 10.0 Å². The minimum atomic E-state index is -3.63. The fourth-order valence-electron chi connectivity index (χ4n) is 1.38. The quantitative estimate of drug-likeness (QED) is 0.505. The third kappa shape index (κ3) is 4.66. The smallest absolute Gasteiger partial charge is 0.245 e. The molecule has 0 atom stereocenters. The van der Waals surface area contributed by atoms with Gasteiger partial charge < -0.3 is 10.5 Å². The van der Waals surface area contributed by atoms with Gasteiger partial charge in [-0.05, 0) is 13.3 Å². The third-order valence-corrected chi connectivity index (χ3v) is 3.85. The van der Waals surface area contributed by atoms with Gasteiger partial charge in [0.1, 0.15) is 4.90 Å². The van der Waals surface area contributed by atoms with E-state index in [4.69, 9.17) is 10.5 Å². The predicted octanol–water partition coefficient (Wildman–Crippen LogP) is 0.356. The highest BCUT2D eigenvalue weighted by molar-refractivity contribution is 7.89. The SMILES string of the molecule is C=CCCOCCNS(=O)(=O)c1cn(CC)nc1N. The zero-order valence-corrected chi connectivity index (χ0v) is 11.8. The molecule has 0 radical (unpaired) electrons. The van der Waals surface area contributed by atoms with Gasteiger partial charge in [-0.25, -0.2) is 13.1 Å². The van der Waals surface area contributed by atoms with Gasteiger partial charge in [0.15, 0.2) is 5.82 Å². The van der Waals surface area contributed by atoms with Gasteiger partial charge in [0.2, 0.25) is 10.0 Å². The van der Waals surface area contributed by atoms with E-state index in [1.54, 1.807) is 6.08 Å². The molecular formula is C11H20N4O3S. The molecule has 1 aromatic heterocycles. The number of nitrogens with zero attached hydrogens (tertiary/aromatic N) is 2. The maximum absolute atomic E-state index is 12.0. The van der Waals surface area contributed by atoms with E-state index in [2.05, 4.69) is 16.4 Å². The normalized spacial score (nSPS) is 11.6. The van der Waals surface area contributed by atoms with Crippen molar-refractivity contribution in [1.82, 2.24) is 14.5 Å². The molecule has 0 aromatic carbocycles. The number of nitrogens with two attached hydrogens (primary N) is 1. The number of sulfonamides is 1. The summed E-state index contributed by atoms with van der Waals surface area (Å²) < 4.78 is 33.0. The van der Waals surface area contributed by atoms with Crippen LogP contribution in [0.2, 0.25) is 0 Å². The monoisotopic (exact) mass is 288 g/mol. The maximum Gasteiger partial charge on any atom is 0.245 e. The number of hydrogen-bond acceptors (Lipinski definition) is 5. The molecular weight excluding hydrogens is 268 g/mol. The number of nitrogen functional groups attached to an aromatic ring is 1. The Morgan fingerprint density at radius 3 is 2.89 bits per heavy atom. The Hall–Kier alpha value is -1.38. The van der Waals surface area contributed by atoms with Crippen LogP contribution >= 0.6 is 0 Å². The van der Waals surface area contributed by atoms with Crippen LogP contribution in [0.25, 0.3) is 0 Å². The molecule has 1 rings (SSSR count). The van der Waals surface area contributed by atoms with E-state index in [1.165, 1.54) is 10.9 Å². The molecule has 0 aliphatic heterocycles. The molecule has 3 N–H and O–H groups in total. The highest BCUT2D eigenvalue weighted by Crippen LogP contribution is 2.15. The van der Waals surface area contributed by atoms with Crippen molar-refractivity contribution >= 4 is 15.8 Å². The Balaban J connectivity index is 2.51. The van der Waals surface area contributed by atoms with Gasteiger partial charge in [0.25, 0.3) is 0 Å². The van der Waals surface area contributed by atoms with Crippen LogP contribution in [0, 0.1) is 0 Å². The second-order valence-corrected chi connectivity index (χ2v) is 5.56. The summed E-state index contributed by atoms with van der Waals surface area (Å²) in [5.41, 5.74) is 5.58. The number of nitrogens with one attached hydrogen (secondary N) is 1. The van der Waals surface area contributed by atoms with Crippen LogP contribution in [0.15, 0.2) is 23.7 Å². The summed E-state index contributed by atoms with van der Waals surface area (Å²) in [6.45, 7) is 6.99. The molecule has 19 heavy (non-hydrogen) atoms. The van der Waals surface area contributed by atoms with Gasteiger partial charge >= 0.3 is 0 Å². The average Bonchev–Trinajstić information content (AvgIpc) is 2.76. The Morgan fingerprint density at radius 2 is 2.32 bits per heavy atom. The van der Waals surface area contributed by atoms with Crippen LogP contribution in [0.1, 0.15) is 13.3 Å². The molecule has 1 aromatic rings. The van der Waals surface area contributed by atoms with Crippen molar-refractivity contribution < 1.29 is 13.2 Å². The molecule has 0 unspecified atom stereocenters. The summed E-state index contributed by atoms with van der Waals surface area (Å²) in [5, 5.41) is 3.90. The molecule has 108 valence electrons. The number of hydrogen-bond donors (Lipinski definition) is 2. The Morgan fingerprint density at radius 1 is 1.58 bits per heavy atom. The molecule has 0 aliphatic carbocycles. The van der Waals surface area contributed by atoms with Crippen molar-refractivity contribution in [3.63, 3.8) is 0 Å². The van der Waals surface area contributed by atoms with Crippen molar-refractivity contribution in [1.29, 1.82) is 0 Å². The van der Waals surface area contributed by atoms with Crippen LogP contribution in [0.3, 0.4) is 0 Å². The van der Waals surface area contributed by atoms with Crippen LogP contribution in [-0.4, -0.2) is 38.0 Å². The van der Waals surface area contributed by atoms with Gasteiger partial charge in [-0.1, -0.05) is 6.08 Å². The van der Waals surface area contributed by atoms with E-state index in [1.807, 2.05) is 6.92 Å². The van der Waals surface area contributed by atoms with Crippen molar-refractivity contribution in [3.05, 3.63) is 18.9 Å². The molecule has 0 aliphatic rings. The van der Waals surface area contributed by atoms with Crippen LogP contribution < -0.4 is 10.5 Å². The number of aromatic nitrogens is 2. The minimum Gasteiger partial charge on any atom is -0.381 e. The summed E-state index contributed by atoms with van der Waals surface area (Å²) in [4.78, 5) is 0.000409. The summed E-state index contributed by atoms with van der Waals surface area (Å²) in [6, 6.07) is 0. The molecule has 8 heteroatoms. The molecule has 0 fully saturated rings. The first-order valence-corrected chi connectivity index (χ1v) is 7.50. The molecule has 1 heterocycles. The van der Waals surface area contributed by atoms with Gasteiger partial charge in [0.05, 0.1) is 13.2 Å². The van der Waals surface area contributed by atoms with Crippen LogP contribution in [0.5, 0.6) is 0 Å². The van der Waals surface area contributed by atoms with E-state index in [0.29, 0.717) is 19.8 Å². The summed E-state index contributed by atoms with van der Waals surface area (Å²) in [7, 11) is -3.63. The highest BCUT2D eigenvalue weighted by Gasteiger charge is 2.20. The lowest BCUT2D eigenvalue weighted by atomic mass is 10.5. The second-order valence-electron chi connectivity index (χ2n) is 3.82. The fourth-order valence-corrected chi connectivity index (χ4v) is 2.47. The Labute approximate surface area is 113 Å². The maximum atomic E-state index is 12.0. The van der Waals surface area contributed by atoms with Gasteiger partial charge in [-0.15, -0.1) is 6.58 Å². The van der Waals surface area contributed by atoms with Crippen molar-refractivity contribution in [2.75, 3.05) is 25.5 Å². The lowest BCUT2D eigenvalue weighted by molar-refractivity contribution is 0.144. The molecule has 0 saturated heterocycles. The number of anilines is 1. The minimum absolute atomic E-state index is 0.000409. The van der Waals surface area contributed by atoms with Crippen molar-refractivity contribution in [2.24, 2.45) is 0 Å². The summed E-state index contributed by atoms with van der Waals surface area (Å²) in [5.74, 6) is 0.00178. The van der Waals surface area contributed by atoms with Gasteiger partial charge in [-0.3, -0.25) is 4.68 Å². The second kappa shape index (κ2) is 7.27. The first-order valence-electron chi connectivity index (χ1n) is 6.02. The topological polar surface area (TPSA) is 99.2 Å². The molecule has 0 amide bonds. The zero-order valence-electron chi connectivity index (χ0n) is 11.0. The van der Waals surface area contributed by atoms with Crippen LogP contribution in [-0.2, 0) is 21.3 Å². The summed E-state index contributed by atoms with van der Waals surface area (Å²) in [6.07, 6.45) is 3.89. The van der Waals surface area contributed by atoms with E-state index in [0.717, 1.165) is 6.42 Å². The number of ether oxygens (including phenoxy) is 1. The van der Waals surface area contributed by atoms with E-state index >= 15 is 0 Å². The van der Waals surface area contributed by atoms with Gasteiger partial charge in [-0.2, -0.15) is 5.10 Å². The first-order chi connectivity index (χ1) is 9.01. The molecule has 0 spiro atoms. The predicted molar refractivity (Wildman–Crippen MR) is 73.1 cm³/mol. The zero-order chi connectivity index (χ0) is 14.3. The fraction of sp³-hybridized carbons (Fsp3) is 0.545. The van der Waals surface area contributed by atoms with E-state index in [-0.39, 0.29) is 17.3 Å². The molecule has 7 nitrogen and oxygen atoms in total. The number of aryl methyl sites for hydroxylation is 1. The average molecular weight is 288 g/mol. The largest absolute Gasteiger partial charge is 0.381 e. The van der Waals surface area contributed by atoms with Crippen molar-refractivity contribution in [2.45, 2.75) is 24.8 Å². The van der Waals surface area contributed by atoms with E-state index in [9.17, 15) is 8.42 Å². The Bertz CT molecular complexity index is 510. The third-order valence-electron chi connectivity index (χ3n) is 2.37. The molecule has 0 saturated carbocycles. The highest BCUT2D eigenvalue weighted by atomic mass is 32.2. The van der Waals surface area contributed by atoms with Gasteiger partial charge in [0, 0.05) is 19.3 Å². The molecule has 0 bridgehead atoms. The Kier molecular flexibility index (Phi) is 6.00.